The summed E-state index contributed by atoms with van der Waals surface area (Å²) in [5.74, 6) is -0.0606. The van der Waals surface area contributed by atoms with Gasteiger partial charge in [0, 0.05) is 10.9 Å². The van der Waals surface area contributed by atoms with E-state index < -0.39 is 22.3 Å². The van der Waals surface area contributed by atoms with E-state index >= 15 is 0 Å². The first kappa shape index (κ1) is 19.2. The standard InChI is InChI=1S/C20H23ClN2O5/c1-12(17(24)22-15-4-2-3-5-16(15)23(26)27)28-18(25)19-7-13-6-14(8-19)10-20(21,9-13)11-19/h2-5,12-14H,6-11H2,1H3,(H,22,24)/t12-,13+,14+,19?,20?/m0/s1. The van der Waals surface area contributed by atoms with E-state index in [1.807, 2.05) is 0 Å². The van der Waals surface area contributed by atoms with Gasteiger partial charge >= 0.3 is 5.97 Å². The zero-order chi connectivity index (χ0) is 20.1. The number of nitrogens with one attached hydrogen (secondary N) is 1. The number of hydrogen-bond acceptors (Lipinski definition) is 5. The van der Waals surface area contributed by atoms with Gasteiger partial charge in [0.1, 0.15) is 5.69 Å². The molecule has 4 bridgehead atoms. The molecule has 1 amide bonds. The zero-order valence-corrected chi connectivity index (χ0v) is 16.4. The molecule has 150 valence electrons. The van der Waals surface area contributed by atoms with E-state index in [0.29, 0.717) is 18.3 Å². The van der Waals surface area contributed by atoms with E-state index in [9.17, 15) is 19.7 Å². The summed E-state index contributed by atoms with van der Waals surface area (Å²) in [4.78, 5) is 35.7. The smallest absolute Gasteiger partial charge is 0.312 e. The number of benzene rings is 1. The Hall–Kier alpha value is -2.15. The van der Waals surface area contributed by atoms with Crippen molar-refractivity contribution in [1.29, 1.82) is 0 Å². The molecule has 0 saturated heterocycles. The summed E-state index contributed by atoms with van der Waals surface area (Å²) in [6, 6.07) is 5.86. The van der Waals surface area contributed by atoms with Crippen LogP contribution in [0.15, 0.2) is 24.3 Å². The number of nitro benzene ring substituents is 1. The van der Waals surface area contributed by atoms with Crippen molar-refractivity contribution in [2.45, 2.75) is 56.4 Å². The van der Waals surface area contributed by atoms with Crippen LogP contribution in [0.5, 0.6) is 0 Å². The van der Waals surface area contributed by atoms with Crippen LogP contribution >= 0.6 is 11.6 Å². The summed E-state index contributed by atoms with van der Waals surface area (Å²) in [7, 11) is 0. The Morgan fingerprint density at radius 2 is 1.89 bits per heavy atom. The molecular formula is C20H23ClN2O5. The third-order valence-corrected chi connectivity index (χ3v) is 6.88. The van der Waals surface area contributed by atoms with E-state index in [1.165, 1.54) is 25.1 Å². The third-order valence-electron chi connectivity index (χ3n) is 6.43. The van der Waals surface area contributed by atoms with E-state index in [-0.39, 0.29) is 22.2 Å². The van der Waals surface area contributed by atoms with Crippen LogP contribution in [-0.2, 0) is 14.3 Å². The molecule has 1 aromatic rings. The van der Waals surface area contributed by atoms with Crippen molar-refractivity contribution < 1.29 is 19.2 Å². The van der Waals surface area contributed by atoms with Crippen LogP contribution < -0.4 is 5.32 Å². The molecule has 0 heterocycles. The molecular weight excluding hydrogens is 384 g/mol. The van der Waals surface area contributed by atoms with E-state index in [2.05, 4.69) is 5.32 Å². The molecule has 0 aliphatic heterocycles. The van der Waals surface area contributed by atoms with Crippen molar-refractivity contribution in [3.63, 3.8) is 0 Å². The molecule has 1 aromatic carbocycles. The van der Waals surface area contributed by atoms with Crippen LogP contribution in [-0.4, -0.2) is 27.8 Å². The van der Waals surface area contributed by atoms with E-state index in [1.54, 1.807) is 6.07 Å². The fourth-order valence-electron chi connectivity index (χ4n) is 5.70. The van der Waals surface area contributed by atoms with E-state index in [4.69, 9.17) is 16.3 Å². The topological polar surface area (TPSA) is 98.5 Å². The highest BCUT2D eigenvalue weighted by Crippen LogP contribution is 2.64. The van der Waals surface area contributed by atoms with Gasteiger partial charge in [-0.25, -0.2) is 0 Å². The van der Waals surface area contributed by atoms with Gasteiger partial charge < -0.3 is 10.1 Å². The minimum Gasteiger partial charge on any atom is -0.452 e. The Kier molecular flexibility index (Phi) is 4.61. The molecule has 5 rings (SSSR count). The minimum absolute atomic E-state index is 0.0786. The van der Waals surface area contributed by atoms with Gasteiger partial charge in [-0.2, -0.15) is 0 Å². The van der Waals surface area contributed by atoms with Crippen LogP contribution in [0, 0.1) is 27.4 Å². The van der Waals surface area contributed by atoms with Crippen LogP contribution in [0.2, 0.25) is 0 Å². The maximum atomic E-state index is 13.0. The average Bonchev–Trinajstić information content (AvgIpc) is 2.59. The predicted molar refractivity (Wildman–Crippen MR) is 103 cm³/mol. The maximum absolute atomic E-state index is 13.0. The van der Waals surface area contributed by atoms with Gasteiger partial charge in [0.15, 0.2) is 6.10 Å². The van der Waals surface area contributed by atoms with Crippen LogP contribution in [0.1, 0.15) is 45.4 Å². The third kappa shape index (κ3) is 3.36. The van der Waals surface area contributed by atoms with Crippen LogP contribution in [0.4, 0.5) is 11.4 Å². The summed E-state index contributed by atoms with van der Waals surface area (Å²) in [6.45, 7) is 1.49. The summed E-state index contributed by atoms with van der Waals surface area (Å²) < 4.78 is 5.54. The monoisotopic (exact) mass is 406 g/mol. The number of carbonyl (C=O) groups excluding carboxylic acids is 2. The first-order valence-corrected chi connectivity index (χ1v) is 10.0. The van der Waals surface area contributed by atoms with E-state index in [0.717, 1.165) is 32.1 Å². The first-order valence-electron chi connectivity index (χ1n) is 9.64. The Balaban J connectivity index is 1.44. The van der Waals surface area contributed by atoms with Gasteiger partial charge in [0.05, 0.1) is 10.3 Å². The molecule has 0 unspecified atom stereocenters. The molecule has 8 heteroatoms. The summed E-state index contributed by atoms with van der Waals surface area (Å²) in [6.07, 6.45) is 4.13. The Morgan fingerprint density at radius 1 is 1.25 bits per heavy atom. The minimum atomic E-state index is -1.05. The Morgan fingerprint density at radius 3 is 2.50 bits per heavy atom. The number of esters is 1. The number of carbonyl (C=O) groups is 2. The summed E-state index contributed by atoms with van der Waals surface area (Å²) >= 11 is 6.77. The highest BCUT2D eigenvalue weighted by atomic mass is 35.5. The number of para-hydroxylation sites is 2. The van der Waals surface area contributed by atoms with Crippen LogP contribution in [0.3, 0.4) is 0 Å². The molecule has 4 saturated carbocycles. The lowest BCUT2D eigenvalue weighted by molar-refractivity contribution is -0.383. The van der Waals surface area contributed by atoms with Gasteiger partial charge in [0.25, 0.3) is 11.6 Å². The second-order valence-corrected chi connectivity index (χ2v) is 9.51. The number of anilines is 1. The second-order valence-electron chi connectivity index (χ2n) is 8.70. The molecule has 1 N–H and O–H groups in total. The van der Waals surface area contributed by atoms with Gasteiger partial charge in [-0.3, -0.25) is 19.7 Å². The van der Waals surface area contributed by atoms with Crippen molar-refractivity contribution in [2.75, 3.05) is 5.32 Å². The SMILES string of the molecule is C[C@H](OC(=O)C12C[C@H]3C[C@@H](CC(Cl)(C3)C1)C2)C(=O)Nc1ccccc1[N+](=O)[O-]. The van der Waals surface area contributed by atoms with Crippen molar-refractivity contribution >= 4 is 34.9 Å². The lowest BCUT2D eigenvalue weighted by Crippen LogP contribution is -2.57. The molecule has 0 spiro atoms. The largest absolute Gasteiger partial charge is 0.452 e. The Bertz CT molecular complexity index is 828. The molecule has 7 nitrogen and oxygen atoms in total. The molecule has 28 heavy (non-hydrogen) atoms. The average molecular weight is 407 g/mol. The first-order chi connectivity index (χ1) is 13.2. The van der Waals surface area contributed by atoms with Crippen LogP contribution in [0.25, 0.3) is 0 Å². The highest BCUT2D eigenvalue weighted by Gasteiger charge is 2.61. The summed E-state index contributed by atoms with van der Waals surface area (Å²) in [5, 5.41) is 13.6. The summed E-state index contributed by atoms with van der Waals surface area (Å²) in [5.41, 5.74) is -0.728. The van der Waals surface area contributed by atoms with Gasteiger partial charge in [-0.05, 0) is 63.4 Å². The number of alkyl halides is 1. The van der Waals surface area contributed by atoms with Gasteiger partial charge in [-0.15, -0.1) is 11.6 Å². The molecule has 3 atom stereocenters. The Labute approximate surface area is 167 Å². The molecule has 4 aliphatic carbocycles. The lowest BCUT2D eigenvalue weighted by atomic mass is 9.49. The number of ether oxygens (including phenoxy) is 1. The normalized spacial score (nSPS) is 33.9. The van der Waals surface area contributed by atoms with Crippen molar-refractivity contribution in [3.8, 4) is 0 Å². The van der Waals surface area contributed by atoms with Crippen molar-refractivity contribution in [3.05, 3.63) is 34.4 Å². The number of hydrogen-bond donors (Lipinski definition) is 1. The zero-order valence-electron chi connectivity index (χ0n) is 15.7. The number of rotatable bonds is 5. The molecule has 0 radical (unpaired) electrons. The lowest BCUT2D eigenvalue weighted by Gasteiger charge is -2.58. The van der Waals surface area contributed by atoms with Gasteiger partial charge in [0.2, 0.25) is 0 Å². The predicted octanol–water partition coefficient (Wildman–Crippen LogP) is 4.04. The van der Waals surface area contributed by atoms with Crippen molar-refractivity contribution in [2.24, 2.45) is 17.3 Å². The number of amides is 1. The van der Waals surface area contributed by atoms with Crippen molar-refractivity contribution in [1.82, 2.24) is 0 Å². The van der Waals surface area contributed by atoms with Gasteiger partial charge in [-0.1, -0.05) is 12.1 Å². The fraction of sp³-hybridized carbons (Fsp3) is 0.600. The fourth-order valence-corrected chi connectivity index (χ4v) is 6.39. The number of nitro groups is 1. The molecule has 0 aromatic heterocycles. The second kappa shape index (κ2) is 6.72. The highest BCUT2D eigenvalue weighted by molar-refractivity contribution is 6.24. The number of halogens is 1. The maximum Gasteiger partial charge on any atom is 0.312 e. The number of nitrogens with zero attached hydrogens (tertiary/aromatic N) is 1. The molecule has 4 aliphatic rings. The molecule has 4 fully saturated rings. The quantitative estimate of drug-likeness (QED) is 0.344.